The van der Waals surface area contributed by atoms with Gasteiger partial charge in [-0.1, -0.05) is 63.9 Å². The van der Waals surface area contributed by atoms with Crippen LogP contribution in [0.2, 0.25) is 0 Å². The van der Waals surface area contributed by atoms with Crippen LogP contribution in [-0.2, 0) is 16.6 Å². The fourth-order valence-corrected chi connectivity index (χ4v) is 2.67. The highest BCUT2D eigenvalue weighted by atomic mass is 16.6. The van der Waals surface area contributed by atoms with Crippen molar-refractivity contribution in [1.82, 2.24) is 0 Å². The second-order valence-corrected chi connectivity index (χ2v) is 7.41. The van der Waals surface area contributed by atoms with E-state index in [4.69, 9.17) is 9.47 Å². The lowest BCUT2D eigenvalue weighted by Crippen LogP contribution is -2.20. The van der Waals surface area contributed by atoms with Crippen LogP contribution in [-0.4, -0.2) is 12.6 Å². The summed E-state index contributed by atoms with van der Waals surface area (Å²) in [5, 5.41) is 0. The van der Waals surface area contributed by atoms with E-state index >= 15 is 0 Å². The third kappa shape index (κ3) is 5.63. The number of rotatable bonds is 6. The van der Waals surface area contributed by atoms with E-state index in [-0.39, 0.29) is 12.0 Å². The quantitative estimate of drug-likeness (QED) is 0.533. The molecule has 0 bridgehead atoms. The summed E-state index contributed by atoms with van der Waals surface area (Å²) >= 11 is 0. The van der Waals surface area contributed by atoms with E-state index in [2.05, 4.69) is 40.7 Å². The van der Waals surface area contributed by atoms with Crippen LogP contribution in [0.15, 0.2) is 42.5 Å². The molecule has 0 N–H and O–H groups in total. The summed E-state index contributed by atoms with van der Waals surface area (Å²) in [7, 11) is 0. The zero-order chi connectivity index (χ0) is 18.4. The largest absolute Gasteiger partial charge is 0.482 e. The van der Waals surface area contributed by atoms with Crippen LogP contribution in [0.25, 0.3) is 0 Å². The fraction of sp³-hybridized carbons (Fsp3) is 0.409. The molecule has 0 aliphatic rings. The molecule has 0 atom stereocenters. The molecule has 2 rings (SSSR count). The Kier molecular flexibility index (Phi) is 6.24. The molecule has 2 aromatic rings. The maximum absolute atomic E-state index is 12.1. The van der Waals surface area contributed by atoms with Crippen LogP contribution in [0.5, 0.6) is 11.5 Å². The van der Waals surface area contributed by atoms with Gasteiger partial charge in [0.05, 0.1) is 0 Å². The summed E-state index contributed by atoms with van der Waals surface area (Å²) in [6.45, 7) is 10.5. The molecule has 3 nitrogen and oxygen atoms in total. The molecular formula is C22H28O3. The Balaban J connectivity index is 1.98. The van der Waals surface area contributed by atoms with E-state index < -0.39 is 5.97 Å². The van der Waals surface area contributed by atoms with Gasteiger partial charge in [-0.3, -0.25) is 0 Å². The third-order valence-corrected chi connectivity index (χ3v) is 3.98. The maximum Gasteiger partial charge on any atom is 0.349 e. The predicted molar refractivity (Wildman–Crippen MR) is 101 cm³/mol. The average Bonchev–Trinajstić information content (AvgIpc) is 2.55. The van der Waals surface area contributed by atoms with E-state index in [0.29, 0.717) is 5.75 Å². The van der Waals surface area contributed by atoms with Crippen LogP contribution in [0.4, 0.5) is 0 Å². The first-order valence-corrected chi connectivity index (χ1v) is 8.83. The molecule has 0 aromatic heterocycles. The van der Waals surface area contributed by atoms with E-state index in [1.165, 1.54) is 11.1 Å². The van der Waals surface area contributed by atoms with Crippen LogP contribution < -0.4 is 9.47 Å². The van der Waals surface area contributed by atoms with Gasteiger partial charge in [-0.15, -0.1) is 0 Å². The van der Waals surface area contributed by atoms with Gasteiger partial charge in [0.1, 0.15) is 11.5 Å². The normalized spacial score (nSPS) is 11.2. The van der Waals surface area contributed by atoms with Gasteiger partial charge < -0.3 is 9.47 Å². The lowest BCUT2D eigenvalue weighted by molar-refractivity contribution is -0.136. The van der Waals surface area contributed by atoms with Gasteiger partial charge in [0, 0.05) is 0 Å². The molecule has 0 amide bonds. The summed E-state index contributed by atoms with van der Waals surface area (Å²) in [5.41, 5.74) is 3.45. The molecule has 0 saturated carbocycles. The lowest BCUT2D eigenvalue weighted by Gasteiger charge is -2.23. The molecule has 0 radical (unpaired) electrons. The van der Waals surface area contributed by atoms with Gasteiger partial charge in [-0.05, 0) is 48.1 Å². The van der Waals surface area contributed by atoms with Crippen LogP contribution in [0.1, 0.15) is 50.8 Å². The lowest BCUT2D eigenvalue weighted by atomic mass is 9.85. The predicted octanol–water partition coefficient (Wildman–Crippen LogP) is 5.23. The first kappa shape index (κ1) is 19.0. The Morgan fingerprint density at radius 2 is 1.72 bits per heavy atom. The number of carbonyl (C=O) groups is 1. The molecule has 3 heteroatoms. The molecule has 134 valence electrons. The van der Waals surface area contributed by atoms with Gasteiger partial charge in [-0.25, -0.2) is 4.79 Å². The summed E-state index contributed by atoms with van der Waals surface area (Å²) < 4.78 is 11.1. The zero-order valence-corrected chi connectivity index (χ0v) is 15.9. The highest BCUT2D eigenvalue weighted by molar-refractivity contribution is 5.74. The molecule has 0 aliphatic heterocycles. The van der Waals surface area contributed by atoms with Crippen molar-refractivity contribution in [3.63, 3.8) is 0 Å². The highest BCUT2D eigenvalue weighted by Crippen LogP contribution is 2.32. The summed E-state index contributed by atoms with van der Waals surface area (Å²) in [6.07, 6.45) is 2.12. The van der Waals surface area contributed by atoms with Crippen LogP contribution in [0.3, 0.4) is 0 Å². The van der Waals surface area contributed by atoms with Gasteiger partial charge >= 0.3 is 5.97 Å². The number of ether oxygens (including phenoxy) is 2. The highest BCUT2D eigenvalue weighted by Gasteiger charge is 2.20. The third-order valence-electron chi connectivity index (χ3n) is 3.98. The Morgan fingerprint density at radius 3 is 2.32 bits per heavy atom. The molecule has 0 aliphatic carbocycles. The summed E-state index contributed by atoms with van der Waals surface area (Å²) in [5.74, 6) is 0.880. The Bertz CT molecular complexity index is 709. The number of benzene rings is 2. The second kappa shape index (κ2) is 8.19. The van der Waals surface area contributed by atoms with Crippen molar-refractivity contribution in [2.24, 2.45) is 0 Å². The number of hydrogen-bond acceptors (Lipinski definition) is 3. The molecule has 2 aromatic carbocycles. The molecule has 0 saturated heterocycles. The summed E-state index contributed by atoms with van der Waals surface area (Å²) in [6, 6.07) is 13.7. The van der Waals surface area contributed by atoms with E-state index in [9.17, 15) is 4.79 Å². The Labute approximate surface area is 151 Å². The van der Waals surface area contributed by atoms with Crippen molar-refractivity contribution in [3.05, 3.63) is 59.2 Å². The van der Waals surface area contributed by atoms with Crippen molar-refractivity contribution >= 4 is 5.97 Å². The van der Waals surface area contributed by atoms with Crippen LogP contribution in [0, 0.1) is 6.92 Å². The average molecular weight is 340 g/mol. The van der Waals surface area contributed by atoms with E-state index in [1.54, 1.807) is 0 Å². The molecule has 0 fully saturated rings. The molecule has 0 unspecified atom stereocenters. The Hall–Kier alpha value is -2.29. The van der Waals surface area contributed by atoms with E-state index in [1.807, 2.05) is 36.4 Å². The molecular weight excluding hydrogens is 312 g/mol. The monoisotopic (exact) mass is 340 g/mol. The zero-order valence-electron chi connectivity index (χ0n) is 15.9. The molecule has 0 heterocycles. The standard InChI is InChI=1S/C22H28O3/c1-6-7-17-9-11-18(12-10-17)25-21(23)15-24-20-13-8-16(2)14-19(20)22(3,4)5/h8-14H,6-7,15H2,1-5H3. The number of esters is 1. The SMILES string of the molecule is CCCc1ccc(OC(=O)COc2ccc(C)cc2C(C)(C)C)cc1. The fourth-order valence-electron chi connectivity index (χ4n) is 2.67. The van der Waals surface area contributed by atoms with Gasteiger partial charge in [-0.2, -0.15) is 0 Å². The van der Waals surface area contributed by atoms with Gasteiger partial charge in [0.2, 0.25) is 0 Å². The first-order valence-electron chi connectivity index (χ1n) is 8.83. The molecule has 0 spiro atoms. The number of carbonyl (C=O) groups excluding carboxylic acids is 1. The van der Waals surface area contributed by atoms with Crippen molar-refractivity contribution in [2.45, 2.75) is 52.9 Å². The van der Waals surface area contributed by atoms with Crippen molar-refractivity contribution in [3.8, 4) is 11.5 Å². The minimum Gasteiger partial charge on any atom is -0.482 e. The van der Waals surface area contributed by atoms with Crippen molar-refractivity contribution in [2.75, 3.05) is 6.61 Å². The van der Waals surface area contributed by atoms with Gasteiger partial charge in [0.15, 0.2) is 6.61 Å². The summed E-state index contributed by atoms with van der Waals surface area (Å²) in [4.78, 5) is 12.1. The van der Waals surface area contributed by atoms with Crippen molar-refractivity contribution < 1.29 is 14.3 Å². The number of aryl methyl sites for hydroxylation is 2. The maximum atomic E-state index is 12.1. The van der Waals surface area contributed by atoms with Gasteiger partial charge in [0.25, 0.3) is 0 Å². The number of hydrogen-bond donors (Lipinski definition) is 0. The first-order chi connectivity index (χ1) is 11.8. The van der Waals surface area contributed by atoms with Crippen LogP contribution >= 0.6 is 0 Å². The Morgan fingerprint density at radius 1 is 1.04 bits per heavy atom. The minimum absolute atomic E-state index is 0.0552. The topological polar surface area (TPSA) is 35.5 Å². The van der Waals surface area contributed by atoms with Crippen molar-refractivity contribution in [1.29, 1.82) is 0 Å². The van der Waals surface area contributed by atoms with E-state index in [0.717, 1.165) is 24.2 Å². The molecule has 25 heavy (non-hydrogen) atoms. The smallest absolute Gasteiger partial charge is 0.349 e. The minimum atomic E-state index is -0.399. The second-order valence-electron chi connectivity index (χ2n) is 7.41.